The van der Waals surface area contributed by atoms with Gasteiger partial charge in [0, 0.05) is 45.0 Å². The SMILES string of the molecule is CCCCCCCCCCCCC(CCCCCCCCCC)CN1C(=O)c2ccc3c4c(c(Br)cc(c24)C1=O)C(=O)N(CC(CCCCCCCCCC)CCCCCCCCCCCC)C3=O. The van der Waals surface area contributed by atoms with E-state index in [-0.39, 0.29) is 35.5 Å². The fourth-order valence-corrected chi connectivity index (χ4v) is 12.1. The zero-order chi connectivity index (χ0) is 49.5. The fraction of sp³-hybridized carbons (Fsp3) is 0.774. The van der Waals surface area contributed by atoms with Crippen molar-refractivity contribution in [3.05, 3.63) is 44.9 Å². The Labute approximate surface area is 431 Å². The zero-order valence-electron chi connectivity index (χ0n) is 45.0. The average molecular weight is 1020 g/mol. The molecular weight excluding hydrogens is 917 g/mol. The van der Waals surface area contributed by atoms with Crippen molar-refractivity contribution in [2.45, 2.75) is 285 Å². The van der Waals surface area contributed by atoms with Gasteiger partial charge < -0.3 is 0 Å². The minimum Gasteiger partial charge on any atom is -0.274 e. The molecule has 0 saturated carbocycles. The number of rotatable bonds is 44. The van der Waals surface area contributed by atoms with Crippen LogP contribution < -0.4 is 0 Å². The Balaban J connectivity index is 1.44. The molecule has 390 valence electrons. The first-order valence-corrected chi connectivity index (χ1v) is 30.6. The first-order chi connectivity index (χ1) is 33.8. The molecule has 0 aromatic heterocycles. The van der Waals surface area contributed by atoms with Crippen molar-refractivity contribution in [3.8, 4) is 0 Å². The van der Waals surface area contributed by atoms with E-state index >= 15 is 0 Å². The van der Waals surface area contributed by atoms with Crippen LogP contribution in [0.3, 0.4) is 0 Å². The van der Waals surface area contributed by atoms with E-state index < -0.39 is 0 Å². The molecular formula is C62H101BrN2O4. The van der Waals surface area contributed by atoms with Crippen molar-refractivity contribution in [1.82, 2.24) is 9.80 Å². The highest BCUT2D eigenvalue weighted by molar-refractivity contribution is 9.10. The number of hydrogen-bond donors (Lipinski definition) is 0. The van der Waals surface area contributed by atoms with E-state index in [9.17, 15) is 19.2 Å². The molecule has 0 radical (unpaired) electrons. The summed E-state index contributed by atoms with van der Waals surface area (Å²) in [5, 5.41) is 0.952. The van der Waals surface area contributed by atoms with E-state index in [4.69, 9.17) is 0 Å². The quantitative estimate of drug-likeness (QED) is 0.0490. The Hall–Kier alpha value is -2.54. The average Bonchev–Trinajstić information content (AvgIpc) is 3.34. The summed E-state index contributed by atoms with van der Waals surface area (Å²) in [6.07, 6.45) is 49.9. The van der Waals surface area contributed by atoms with Gasteiger partial charge in [-0.2, -0.15) is 0 Å². The van der Waals surface area contributed by atoms with Crippen LogP contribution in [0.1, 0.15) is 326 Å². The number of hydrogen-bond acceptors (Lipinski definition) is 4. The second-order valence-electron chi connectivity index (χ2n) is 21.8. The molecule has 0 aliphatic carbocycles. The summed E-state index contributed by atoms with van der Waals surface area (Å²) >= 11 is 3.75. The van der Waals surface area contributed by atoms with Crippen molar-refractivity contribution < 1.29 is 19.2 Å². The third-order valence-electron chi connectivity index (χ3n) is 15.9. The van der Waals surface area contributed by atoms with E-state index in [2.05, 4.69) is 43.6 Å². The molecule has 2 atom stereocenters. The Morgan fingerprint density at radius 2 is 0.609 bits per heavy atom. The van der Waals surface area contributed by atoms with E-state index in [1.54, 1.807) is 18.2 Å². The number of benzene rings is 2. The molecule has 0 N–H and O–H groups in total. The Morgan fingerprint density at radius 3 is 0.928 bits per heavy atom. The monoisotopic (exact) mass is 1020 g/mol. The molecule has 4 rings (SSSR count). The zero-order valence-corrected chi connectivity index (χ0v) is 46.6. The maximum Gasteiger partial charge on any atom is 0.262 e. The highest BCUT2D eigenvalue weighted by Crippen LogP contribution is 2.42. The van der Waals surface area contributed by atoms with Crippen LogP contribution in [-0.2, 0) is 0 Å². The molecule has 2 aliphatic heterocycles. The summed E-state index contributed by atoms with van der Waals surface area (Å²) in [6.45, 7) is 9.89. The summed E-state index contributed by atoms with van der Waals surface area (Å²) in [5.74, 6) is -0.699. The van der Waals surface area contributed by atoms with Crippen molar-refractivity contribution >= 4 is 50.3 Å². The standard InChI is InChI=1S/C62H101BrN2O4/c1-5-9-13-17-21-25-27-31-35-38-42-50(41-37-33-29-23-19-15-11-7-3)48-64-59(66)52-45-46-53-57-56(52)54(61(64)68)47-55(63)58(57)62(69)65(60(53)67)49-51(43-39-34-30-24-20-16-12-8-4)44-40-36-32-28-26-22-18-14-10-6-2/h45-47,50-51H,5-44,48-49H2,1-4H3. The molecule has 7 heteroatoms. The van der Waals surface area contributed by atoms with Crippen LogP contribution in [0.2, 0.25) is 0 Å². The summed E-state index contributed by atoms with van der Waals surface area (Å²) in [5.41, 5.74) is 1.70. The van der Waals surface area contributed by atoms with Crippen molar-refractivity contribution in [3.63, 3.8) is 0 Å². The topological polar surface area (TPSA) is 74.8 Å². The highest BCUT2D eigenvalue weighted by atomic mass is 79.9. The Bertz CT molecular complexity index is 1790. The highest BCUT2D eigenvalue weighted by Gasteiger charge is 2.42. The Kier molecular flexibility index (Phi) is 30.4. The lowest BCUT2D eigenvalue weighted by Gasteiger charge is -2.35. The third-order valence-corrected chi connectivity index (χ3v) is 16.5. The van der Waals surface area contributed by atoms with Crippen molar-refractivity contribution in [2.75, 3.05) is 13.1 Å². The van der Waals surface area contributed by atoms with E-state index in [0.29, 0.717) is 50.6 Å². The molecule has 0 saturated heterocycles. The van der Waals surface area contributed by atoms with Gasteiger partial charge in [0.2, 0.25) is 0 Å². The number of unbranched alkanes of at least 4 members (excludes halogenated alkanes) is 32. The van der Waals surface area contributed by atoms with Gasteiger partial charge >= 0.3 is 0 Å². The first-order valence-electron chi connectivity index (χ1n) is 29.8. The molecule has 69 heavy (non-hydrogen) atoms. The lowest BCUT2D eigenvalue weighted by Crippen LogP contribution is -2.45. The summed E-state index contributed by atoms with van der Waals surface area (Å²) < 4.78 is 0.531. The normalized spacial score (nSPS) is 14.5. The van der Waals surface area contributed by atoms with Crippen LogP contribution in [0.15, 0.2) is 22.7 Å². The van der Waals surface area contributed by atoms with Crippen molar-refractivity contribution in [1.29, 1.82) is 0 Å². The summed E-state index contributed by atoms with van der Waals surface area (Å²) in [7, 11) is 0. The third kappa shape index (κ3) is 20.1. The van der Waals surface area contributed by atoms with Gasteiger partial charge in [-0.15, -0.1) is 0 Å². The van der Waals surface area contributed by atoms with Gasteiger partial charge in [0.05, 0.1) is 5.56 Å². The molecule has 2 heterocycles. The van der Waals surface area contributed by atoms with Gasteiger partial charge in [-0.05, 0) is 71.6 Å². The molecule has 6 nitrogen and oxygen atoms in total. The number of nitrogens with zero attached hydrogens (tertiary/aromatic N) is 2. The van der Waals surface area contributed by atoms with Gasteiger partial charge in [0.15, 0.2) is 0 Å². The van der Waals surface area contributed by atoms with Crippen LogP contribution >= 0.6 is 15.9 Å². The minimum absolute atomic E-state index is 0.246. The number of amides is 4. The van der Waals surface area contributed by atoms with Crippen LogP contribution in [0.4, 0.5) is 0 Å². The number of halogens is 1. The number of carbonyl (C=O) groups is 4. The van der Waals surface area contributed by atoms with Gasteiger partial charge in [0.25, 0.3) is 23.6 Å². The summed E-state index contributed by atoms with van der Waals surface area (Å²) in [6, 6.07) is 5.31. The molecule has 2 aliphatic rings. The molecule has 2 aromatic carbocycles. The summed E-state index contributed by atoms with van der Waals surface area (Å²) in [4.78, 5) is 61.4. The van der Waals surface area contributed by atoms with Gasteiger partial charge in [-0.3, -0.25) is 29.0 Å². The van der Waals surface area contributed by atoms with Crippen LogP contribution in [0.5, 0.6) is 0 Å². The largest absolute Gasteiger partial charge is 0.274 e. The van der Waals surface area contributed by atoms with Gasteiger partial charge in [-0.25, -0.2) is 0 Å². The lowest BCUT2D eigenvalue weighted by atomic mass is 9.84. The minimum atomic E-state index is -0.309. The van der Waals surface area contributed by atoms with Gasteiger partial charge in [0.1, 0.15) is 0 Å². The molecule has 0 fully saturated rings. The second kappa shape index (κ2) is 35.6. The number of imide groups is 2. The molecule has 4 amide bonds. The van der Waals surface area contributed by atoms with Crippen LogP contribution in [0, 0.1) is 11.8 Å². The first kappa shape index (κ1) is 59.0. The van der Waals surface area contributed by atoms with Crippen LogP contribution in [0.25, 0.3) is 10.8 Å². The smallest absolute Gasteiger partial charge is 0.262 e. The van der Waals surface area contributed by atoms with Crippen LogP contribution in [-0.4, -0.2) is 46.5 Å². The van der Waals surface area contributed by atoms with Crippen molar-refractivity contribution in [2.24, 2.45) is 11.8 Å². The lowest BCUT2D eigenvalue weighted by molar-refractivity contribution is 0.0556. The second-order valence-corrected chi connectivity index (χ2v) is 22.7. The predicted molar refractivity (Wildman–Crippen MR) is 297 cm³/mol. The predicted octanol–water partition coefficient (Wildman–Crippen LogP) is 19.7. The van der Waals surface area contributed by atoms with E-state index in [0.717, 1.165) is 51.4 Å². The van der Waals surface area contributed by atoms with E-state index in [1.165, 1.54) is 215 Å². The molecule has 0 bridgehead atoms. The van der Waals surface area contributed by atoms with E-state index in [1.807, 2.05) is 0 Å². The maximum absolute atomic E-state index is 14.7. The Morgan fingerprint density at radius 1 is 0.348 bits per heavy atom. The molecule has 0 spiro atoms. The fourth-order valence-electron chi connectivity index (χ4n) is 11.5. The number of carbonyl (C=O) groups excluding carboxylic acids is 4. The molecule has 2 unspecified atom stereocenters. The van der Waals surface area contributed by atoms with Gasteiger partial charge in [-0.1, -0.05) is 259 Å². The molecule has 2 aromatic rings. The maximum atomic E-state index is 14.7.